The highest BCUT2D eigenvalue weighted by Crippen LogP contribution is 2.17. The Bertz CT molecular complexity index is 453. The lowest BCUT2D eigenvalue weighted by Crippen LogP contribution is -2.29. The van der Waals surface area contributed by atoms with Crippen LogP contribution in [-0.4, -0.2) is 24.0 Å². The van der Waals surface area contributed by atoms with Crippen LogP contribution in [0.25, 0.3) is 0 Å². The van der Waals surface area contributed by atoms with Gasteiger partial charge in [-0.1, -0.05) is 6.07 Å². The second-order valence-electron chi connectivity index (χ2n) is 5.07. The third-order valence-corrected chi connectivity index (χ3v) is 3.58. The van der Waals surface area contributed by atoms with Crippen molar-refractivity contribution in [1.82, 2.24) is 15.6 Å². The Labute approximate surface area is 137 Å². The van der Waals surface area contributed by atoms with Gasteiger partial charge in [-0.2, -0.15) is 0 Å². The number of H-pyrrole nitrogens is 1. The average Bonchev–Trinajstić information content (AvgIpc) is 2.45. The van der Waals surface area contributed by atoms with E-state index in [9.17, 15) is 9.59 Å². The number of halogens is 2. The number of pyridine rings is 1. The molecule has 0 aromatic carbocycles. The van der Waals surface area contributed by atoms with Crippen LogP contribution < -0.4 is 16.2 Å². The van der Waals surface area contributed by atoms with E-state index in [4.69, 9.17) is 0 Å². The molecule has 1 fully saturated rings. The zero-order valence-corrected chi connectivity index (χ0v) is 13.5. The zero-order valence-electron chi connectivity index (χ0n) is 11.9. The second kappa shape index (κ2) is 10.7. The molecule has 1 saturated heterocycles. The largest absolute Gasteiger partial charge is 0.352 e. The summed E-state index contributed by atoms with van der Waals surface area (Å²) >= 11 is 0. The summed E-state index contributed by atoms with van der Waals surface area (Å²) in [5, 5.41) is 6.21. The first-order valence-electron chi connectivity index (χ1n) is 6.89. The van der Waals surface area contributed by atoms with Crippen LogP contribution in [0.5, 0.6) is 0 Å². The van der Waals surface area contributed by atoms with Crippen LogP contribution >= 0.6 is 24.8 Å². The summed E-state index contributed by atoms with van der Waals surface area (Å²) in [4.78, 5) is 25.2. The number of aromatic nitrogens is 1. The first-order valence-corrected chi connectivity index (χ1v) is 6.89. The highest BCUT2D eigenvalue weighted by molar-refractivity contribution is 5.85. The van der Waals surface area contributed by atoms with Crippen molar-refractivity contribution < 1.29 is 4.79 Å². The highest BCUT2D eigenvalue weighted by atomic mass is 35.5. The van der Waals surface area contributed by atoms with Gasteiger partial charge in [-0.25, -0.2) is 0 Å². The first-order chi connectivity index (χ1) is 9.24. The maximum absolute atomic E-state index is 11.7. The molecule has 0 saturated carbocycles. The SMILES string of the molecule is Cl.Cl.O=C(CCC1CCNCC1)NCc1ccc(=O)[nH]c1. The molecule has 5 nitrogen and oxygen atoms in total. The number of rotatable bonds is 5. The molecule has 1 amide bonds. The fourth-order valence-electron chi connectivity index (χ4n) is 2.35. The smallest absolute Gasteiger partial charge is 0.247 e. The van der Waals surface area contributed by atoms with Gasteiger partial charge in [0.1, 0.15) is 0 Å². The Morgan fingerprint density at radius 3 is 2.57 bits per heavy atom. The standard InChI is InChI=1S/C14H21N3O2.2ClH/c18-13(3-1-11-5-7-15-8-6-11)16-9-12-2-4-14(19)17-10-12;;/h2,4,10-11,15H,1,3,5-9H2,(H,16,18)(H,17,19);2*1H. The molecule has 2 rings (SSSR count). The Kier molecular flexibility index (Phi) is 10.1. The Morgan fingerprint density at radius 1 is 1.24 bits per heavy atom. The van der Waals surface area contributed by atoms with Crippen LogP contribution in [0.15, 0.2) is 23.1 Å². The van der Waals surface area contributed by atoms with Crippen molar-refractivity contribution in [3.8, 4) is 0 Å². The third-order valence-electron chi connectivity index (χ3n) is 3.58. The van der Waals surface area contributed by atoms with E-state index in [0.29, 0.717) is 18.9 Å². The van der Waals surface area contributed by atoms with Gasteiger partial charge in [-0.15, -0.1) is 24.8 Å². The fourth-order valence-corrected chi connectivity index (χ4v) is 2.35. The summed E-state index contributed by atoms with van der Waals surface area (Å²) in [6.07, 6.45) is 5.54. The molecule has 7 heteroatoms. The molecule has 0 spiro atoms. The van der Waals surface area contributed by atoms with Gasteiger partial charge in [0.25, 0.3) is 0 Å². The Balaban J connectivity index is 0.00000200. The van der Waals surface area contributed by atoms with Crippen LogP contribution in [0, 0.1) is 5.92 Å². The maximum atomic E-state index is 11.7. The Hall–Kier alpha value is -1.04. The van der Waals surface area contributed by atoms with E-state index in [2.05, 4.69) is 15.6 Å². The first kappa shape index (κ1) is 20.0. The van der Waals surface area contributed by atoms with E-state index >= 15 is 0 Å². The van der Waals surface area contributed by atoms with Gasteiger partial charge >= 0.3 is 0 Å². The number of piperidine rings is 1. The molecule has 1 aromatic heterocycles. The van der Waals surface area contributed by atoms with Crippen molar-refractivity contribution in [2.45, 2.75) is 32.2 Å². The van der Waals surface area contributed by atoms with Crippen LogP contribution in [-0.2, 0) is 11.3 Å². The molecular weight excluding hydrogens is 313 g/mol. The molecular formula is C14H23Cl2N3O2. The summed E-state index contributed by atoms with van der Waals surface area (Å²) < 4.78 is 0. The van der Waals surface area contributed by atoms with Crippen molar-refractivity contribution in [2.75, 3.05) is 13.1 Å². The summed E-state index contributed by atoms with van der Waals surface area (Å²) in [7, 11) is 0. The van der Waals surface area contributed by atoms with Crippen molar-refractivity contribution in [2.24, 2.45) is 5.92 Å². The third kappa shape index (κ3) is 7.50. The highest BCUT2D eigenvalue weighted by Gasteiger charge is 2.14. The summed E-state index contributed by atoms with van der Waals surface area (Å²) in [6.45, 7) is 2.62. The van der Waals surface area contributed by atoms with Gasteiger partial charge in [-0.3, -0.25) is 9.59 Å². The zero-order chi connectivity index (χ0) is 13.5. The summed E-state index contributed by atoms with van der Waals surface area (Å²) in [5.74, 6) is 0.768. The predicted molar refractivity (Wildman–Crippen MR) is 88.2 cm³/mol. The minimum absolute atomic E-state index is 0. The fraction of sp³-hybridized carbons (Fsp3) is 0.571. The minimum Gasteiger partial charge on any atom is -0.352 e. The molecule has 2 heterocycles. The summed E-state index contributed by atoms with van der Waals surface area (Å²) in [5.41, 5.74) is 0.788. The lowest BCUT2D eigenvalue weighted by molar-refractivity contribution is -0.121. The summed E-state index contributed by atoms with van der Waals surface area (Å²) in [6, 6.07) is 3.20. The number of aromatic amines is 1. The molecule has 120 valence electrons. The monoisotopic (exact) mass is 335 g/mol. The topological polar surface area (TPSA) is 74.0 Å². The molecule has 1 aliphatic heterocycles. The van der Waals surface area contributed by atoms with Crippen molar-refractivity contribution in [1.29, 1.82) is 0 Å². The molecule has 1 aromatic rings. The molecule has 0 radical (unpaired) electrons. The van der Waals surface area contributed by atoms with Gasteiger partial charge < -0.3 is 15.6 Å². The van der Waals surface area contributed by atoms with Gasteiger partial charge in [0.05, 0.1) is 0 Å². The Morgan fingerprint density at radius 2 is 1.95 bits per heavy atom. The van der Waals surface area contributed by atoms with Crippen LogP contribution in [0.1, 0.15) is 31.2 Å². The molecule has 0 bridgehead atoms. The number of carbonyl (C=O) groups excluding carboxylic acids is 1. The van der Waals surface area contributed by atoms with E-state index in [-0.39, 0.29) is 36.3 Å². The molecule has 21 heavy (non-hydrogen) atoms. The number of carbonyl (C=O) groups is 1. The lowest BCUT2D eigenvalue weighted by Gasteiger charge is -2.22. The molecule has 0 atom stereocenters. The number of hydrogen-bond donors (Lipinski definition) is 3. The molecule has 3 N–H and O–H groups in total. The van der Waals surface area contributed by atoms with E-state index < -0.39 is 0 Å². The van der Waals surface area contributed by atoms with E-state index in [0.717, 1.165) is 25.1 Å². The average molecular weight is 336 g/mol. The van der Waals surface area contributed by atoms with Gasteiger partial charge in [0.2, 0.25) is 11.5 Å². The molecule has 1 aliphatic rings. The minimum atomic E-state index is -0.124. The molecule has 0 unspecified atom stereocenters. The number of nitrogens with one attached hydrogen (secondary N) is 3. The maximum Gasteiger partial charge on any atom is 0.247 e. The van der Waals surface area contributed by atoms with Gasteiger partial charge in [0, 0.05) is 25.2 Å². The second-order valence-corrected chi connectivity index (χ2v) is 5.07. The van der Waals surface area contributed by atoms with Gasteiger partial charge in [0.15, 0.2) is 0 Å². The van der Waals surface area contributed by atoms with E-state index in [1.165, 1.54) is 18.9 Å². The van der Waals surface area contributed by atoms with E-state index in [1.54, 1.807) is 12.3 Å². The lowest BCUT2D eigenvalue weighted by atomic mass is 9.93. The quantitative estimate of drug-likeness (QED) is 0.765. The van der Waals surface area contributed by atoms with Crippen molar-refractivity contribution in [3.05, 3.63) is 34.2 Å². The van der Waals surface area contributed by atoms with Crippen LogP contribution in [0.4, 0.5) is 0 Å². The predicted octanol–water partition coefficient (Wildman–Crippen LogP) is 1.61. The van der Waals surface area contributed by atoms with Gasteiger partial charge in [-0.05, 0) is 43.8 Å². The van der Waals surface area contributed by atoms with Crippen molar-refractivity contribution in [3.63, 3.8) is 0 Å². The number of hydrogen-bond acceptors (Lipinski definition) is 3. The van der Waals surface area contributed by atoms with Crippen LogP contribution in [0.3, 0.4) is 0 Å². The van der Waals surface area contributed by atoms with E-state index in [1.807, 2.05) is 0 Å². The molecule has 0 aliphatic carbocycles. The normalized spacial score (nSPS) is 14.7. The van der Waals surface area contributed by atoms with Crippen molar-refractivity contribution >= 4 is 30.7 Å². The number of amides is 1. The van der Waals surface area contributed by atoms with Crippen LogP contribution in [0.2, 0.25) is 0 Å².